The van der Waals surface area contributed by atoms with Gasteiger partial charge in [-0.05, 0) is 36.6 Å². The van der Waals surface area contributed by atoms with Gasteiger partial charge in [0.15, 0.2) is 0 Å². The highest BCUT2D eigenvalue weighted by Crippen LogP contribution is 2.41. The van der Waals surface area contributed by atoms with Crippen molar-refractivity contribution in [1.82, 2.24) is 0 Å². The van der Waals surface area contributed by atoms with Crippen LogP contribution in [0.3, 0.4) is 0 Å². The molecule has 96 valence electrons. The first-order valence-corrected chi connectivity index (χ1v) is 7.14. The monoisotopic (exact) mass is 268 g/mol. The summed E-state index contributed by atoms with van der Waals surface area (Å²) in [6.07, 6.45) is -0.459. The van der Waals surface area contributed by atoms with Gasteiger partial charge in [0.05, 0.1) is 6.16 Å². The van der Waals surface area contributed by atoms with E-state index in [1.165, 1.54) is 0 Å². The summed E-state index contributed by atoms with van der Waals surface area (Å²) in [7, 11) is -4.22. The first-order valence-electron chi connectivity index (χ1n) is 5.35. The van der Waals surface area contributed by atoms with E-state index >= 15 is 0 Å². The minimum atomic E-state index is -4.22. The zero-order valence-corrected chi connectivity index (χ0v) is 10.9. The average Bonchev–Trinajstić information content (AvgIpc) is 2.11. The number of hydrogen-bond donors (Lipinski definition) is 2. The summed E-state index contributed by atoms with van der Waals surface area (Å²) in [5, 5.41) is 0.600. The zero-order valence-electron chi connectivity index (χ0n) is 10.0. The molecule has 1 heterocycles. The highest BCUT2D eigenvalue weighted by atomic mass is 31.2. The van der Waals surface area contributed by atoms with E-state index in [1.54, 1.807) is 6.07 Å². The number of fused-ring (bicyclic) bond motifs is 1. The summed E-state index contributed by atoms with van der Waals surface area (Å²) in [6, 6.07) is 4.71. The molecule has 0 aliphatic heterocycles. The molecule has 0 amide bonds. The highest BCUT2D eigenvalue weighted by molar-refractivity contribution is 7.50. The van der Waals surface area contributed by atoms with Gasteiger partial charge in [-0.15, -0.1) is 0 Å². The highest BCUT2D eigenvalue weighted by Gasteiger charge is 2.18. The molecule has 2 N–H and O–H groups in total. The second-order valence-electron chi connectivity index (χ2n) is 4.37. The summed E-state index contributed by atoms with van der Waals surface area (Å²) < 4.78 is 16.2. The topological polar surface area (TPSA) is 87.7 Å². The van der Waals surface area contributed by atoms with Crippen molar-refractivity contribution < 1.29 is 18.8 Å². The van der Waals surface area contributed by atoms with Crippen molar-refractivity contribution in [2.24, 2.45) is 0 Å². The fourth-order valence-corrected chi connectivity index (χ4v) is 2.81. The van der Waals surface area contributed by atoms with E-state index in [9.17, 15) is 9.36 Å². The maximum atomic E-state index is 11.4. The van der Waals surface area contributed by atoms with Crippen molar-refractivity contribution in [2.45, 2.75) is 20.0 Å². The standard InChI is InChI=1S/C12H13O5P/c1-7-3-8(2)12-9(6-18(14,15)16)5-11(13)17-10(12)4-7/h3-5H,6H2,1-2H3,(H2,14,15,16). The van der Waals surface area contributed by atoms with E-state index in [0.29, 0.717) is 16.5 Å². The summed E-state index contributed by atoms with van der Waals surface area (Å²) in [5.41, 5.74) is 1.85. The normalized spacial score (nSPS) is 12.0. The van der Waals surface area contributed by atoms with E-state index in [4.69, 9.17) is 14.2 Å². The van der Waals surface area contributed by atoms with Crippen molar-refractivity contribution in [3.8, 4) is 0 Å². The Morgan fingerprint density at radius 3 is 2.50 bits per heavy atom. The van der Waals surface area contributed by atoms with Gasteiger partial charge in [-0.2, -0.15) is 0 Å². The van der Waals surface area contributed by atoms with Crippen molar-refractivity contribution in [3.05, 3.63) is 45.3 Å². The maximum absolute atomic E-state index is 11.4. The molecular formula is C12H13O5P. The Balaban J connectivity index is 2.80. The zero-order chi connectivity index (χ0) is 13.5. The molecule has 0 atom stereocenters. The van der Waals surface area contributed by atoms with Gasteiger partial charge in [-0.1, -0.05) is 6.07 Å². The fourth-order valence-electron chi connectivity index (χ4n) is 2.12. The molecule has 0 fully saturated rings. The lowest BCUT2D eigenvalue weighted by Gasteiger charge is -2.09. The molecule has 2 aromatic rings. The minimum absolute atomic E-state index is 0.326. The Kier molecular flexibility index (Phi) is 3.15. The summed E-state index contributed by atoms with van der Waals surface area (Å²) in [6.45, 7) is 3.68. The van der Waals surface area contributed by atoms with Crippen LogP contribution in [0, 0.1) is 13.8 Å². The Morgan fingerprint density at radius 1 is 1.22 bits per heavy atom. The van der Waals surface area contributed by atoms with Crippen molar-refractivity contribution in [3.63, 3.8) is 0 Å². The molecule has 0 aliphatic carbocycles. The van der Waals surface area contributed by atoms with Gasteiger partial charge >= 0.3 is 13.2 Å². The summed E-state index contributed by atoms with van der Waals surface area (Å²) >= 11 is 0. The van der Waals surface area contributed by atoms with Crippen LogP contribution in [-0.4, -0.2) is 9.79 Å². The Hall–Kier alpha value is -1.42. The third kappa shape index (κ3) is 2.70. The van der Waals surface area contributed by atoms with Crippen LogP contribution in [0.1, 0.15) is 16.7 Å². The molecule has 0 saturated heterocycles. The fraction of sp³-hybridized carbons (Fsp3) is 0.250. The van der Waals surface area contributed by atoms with E-state index in [1.807, 2.05) is 19.9 Å². The maximum Gasteiger partial charge on any atom is 0.336 e. The molecule has 1 aromatic carbocycles. The van der Waals surface area contributed by atoms with Crippen LogP contribution in [0.25, 0.3) is 11.0 Å². The van der Waals surface area contributed by atoms with Crippen LogP contribution in [0.2, 0.25) is 0 Å². The molecule has 0 aliphatic rings. The molecule has 1 aromatic heterocycles. The molecule has 5 nitrogen and oxygen atoms in total. The quantitative estimate of drug-likeness (QED) is 0.643. The van der Waals surface area contributed by atoms with Crippen LogP contribution >= 0.6 is 7.60 Å². The summed E-state index contributed by atoms with van der Waals surface area (Å²) in [5.74, 6) is 0. The molecule has 18 heavy (non-hydrogen) atoms. The molecule has 0 spiro atoms. The lowest BCUT2D eigenvalue weighted by molar-refractivity contribution is 0.372. The van der Waals surface area contributed by atoms with Gasteiger partial charge in [0.1, 0.15) is 5.58 Å². The molecule has 0 radical (unpaired) electrons. The van der Waals surface area contributed by atoms with Gasteiger partial charge in [-0.25, -0.2) is 4.79 Å². The Labute approximate surface area is 103 Å². The third-order valence-electron chi connectivity index (χ3n) is 2.64. The molecule has 6 heteroatoms. The van der Waals surface area contributed by atoms with Crippen LogP contribution < -0.4 is 5.63 Å². The SMILES string of the molecule is Cc1cc(C)c2c(CP(=O)(O)O)cc(=O)oc2c1. The molecule has 0 unspecified atom stereocenters. The Morgan fingerprint density at radius 2 is 1.89 bits per heavy atom. The van der Waals surface area contributed by atoms with Gasteiger partial charge in [0.2, 0.25) is 0 Å². The van der Waals surface area contributed by atoms with Crippen LogP contribution in [0.15, 0.2) is 27.4 Å². The van der Waals surface area contributed by atoms with Crippen LogP contribution in [0.4, 0.5) is 0 Å². The van der Waals surface area contributed by atoms with Crippen molar-refractivity contribution >= 4 is 18.6 Å². The largest absolute Gasteiger partial charge is 0.423 e. The summed E-state index contributed by atoms with van der Waals surface area (Å²) in [4.78, 5) is 29.5. The van der Waals surface area contributed by atoms with E-state index in [-0.39, 0.29) is 0 Å². The molecular weight excluding hydrogens is 255 g/mol. The van der Waals surface area contributed by atoms with E-state index in [2.05, 4.69) is 0 Å². The first kappa shape index (κ1) is 13.0. The van der Waals surface area contributed by atoms with Gasteiger partial charge in [0.25, 0.3) is 0 Å². The molecule has 0 bridgehead atoms. The second-order valence-corrected chi connectivity index (χ2v) is 6.01. The lowest BCUT2D eigenvalue weighted by Crippen LogP contribution is -2.02. The van der Waals surface area contributed by atoms with Gasteiger partial charge < -0.3 is 14.2 Å². The molecule has 2 rings (SSSR count). The number of benzene rings is 1. The van der Waals surface area contributed by atoms with E-state index in [0.717, 1.165) is 17.2 Å². The van der Waals surface area contributed by atoms with Crippen molar-refractivity contribution in [2.75, 3.05) is 0 Å². The Bertz CT molecular complexity index is 710. The number of hydrogen-bond acceptors (Lipinski definition) is 3. The van der Waals surface area contributed by atoms with E-state index < -0.39 is 19.4 Å². The average molecular weight is 268 g/mol. The minimum Gasteiger partial charge on any atom is -0.423 e. The lowest BCUT2D eigenvalue weighted by atomic mass is 10.0. The van der Waals surface area contributed by atoms with Crippen LogP contribution in [0.5, 0.6) is 0 Å². The van der Waals surface area contributed by atoms with Gasteiger partial charge in [-0.3, -0.25) is 4.57 Å². The second kappa shape index (κ2) is 4.35. The predicted octanol–water partition coefficient (Wildman–Crippen LogP) is 2.09. The van der Waals surface area contributed by atoms with Crippen molar-refractivity contribution in [1.29, 1.82) is 0 Å². The molecule has 0 saturated carbocycles. The third-order valence-corrected chi connectivity index (χ3v) is 3.40. The number of rotatable bonds is 2. The smallest absolute Gasteiger partial charge is 0.336 e. The van der Waals surface area contributed by atoms with Gasteiger partial charge in [0, 0.05) is 11.5 Å². The number of aryl methyl sites for hydroxylation is 2. The first-order chi connectivity index (χ1) is 8.26. The van der Waals surface area contributed by atoms with Crippen LogP contribution in [-0.2, 0) is 10.7 Å². The predicted molar refractivity (Wildman–Crippen MR) is 67.7 cm³/mol.